The van der Waals surface area contributed by atoms with Gasteiger partial charge in [-0.3, -0.25) is 10.2 Å². The van der Waals surface area contributed by atoms with Gasteiger partial charge in [-0.05, 0) is 19.4 Å². The second kappa shape index (κ2) is 6.52. The smallest absolute Gasteiger partial charge is 0.426 e. The molecular weight excluding hydrogens is 220 g/mol. The van der Waals surface area contributed by atoms with Crippen molar-refractivity contribution in [1.82, 2.24) is 10.9 Å². The van der Waals surface area contributed by atoms with E-state index < -0.39 is 6.09 Å². The first-order valence-corrected chi connectivity index (χ1v) is 5.39. The van der Waals surface area contributed by atoms with Crippen LogP contribution in [0, 0.1) is 6.92 Å². The number of rotatable bonds is 3. The molecule has 0 aliphatic rings. The second-order valence-corrected chi connectivity index (χ2v) is 3.56. The van der Waals surface area contributed by atoms with Gasteiger partial charge < -0.3 is 4.74 Å². The summed E-state index contributed by atoms with van der Waals surface area (Å²) in [5.41, 5.74) is 6.42. The van der Waals surface area contributed by atoms with Crippen molar-refractivity contribution in [2.75, 3.05) is 6.61 Å². The molecule has 0 aliphatic carbocycles. The van der Waals surface area contributed by atoms with Gasteiger partial charge in [-0.15, -0.1) is 0 Å². The van der Waals surface area contributed by atoms with Crippen LogP contribution in [0.1, 0.15) is 18.1 Å². The minimum atomic E-state index is -0.662. The van der Waals surface area contributed by atoms with Gasteiger partial charge in [0.05, 0.1) is 13.0 Å². The van der Waals surface area contributed by atoms with Gasteiger partial charge in [0.15, 0.2) is 0 Å². The fourth-order valence-corrected chi connectivity index (χ4v) is 1.34. The number of carbonyl (C=O) groups excluding carboxylic acids is 2. The van der Waals surface area contributed by atoms with Crippen molar-refractivity contribution in [3.8, 4) is 0 Å². The Hall–Kier alpha value is -2.04. The van der Waals surface area contributed by atoms with E-state index in [-0.39, 0.29) is 18.9 Å². The first-order valence-electron chi connectivity index (χ1n) is 5.39. The monoisotopic (exact) mass is 236 g/mol. The van der Waals surface area contributed by atoms with E-state index in [0.29, 0.717) is 0 Å². The van der Waals surface area contributed by atoms with E-state index in [2.05, 4.69) is 15.6 Å². The fourth-order valence-electron chi connectivity index (χ4n) is 1.34. The van der Waals surface area contributed by atoms with E-state index in [4.69, 9.17) is 0 Å². The van der Waals surface area contributed by atoms with Crippen molar-refractivity contribution in [3.05, 3.63) is 35.4 Å². The van der Waals surface area contributed by atoms with E-state index in [9.17, 15) is 9.59 Å². The Kier molecular flexibility index (Phi) is 5.00. The minimum Gasteiger partial charge on any atom is -0.449 e. The Morgan fingerprint density at radius 2 is 2.06 bits per heavy atom. The normalized spacial score (nSPS) is 9.53. The van der Waals surface area contributed by atoms with Crippen LogP contribution in [0.25, 0.3) is 0 Å². The van der Waals surface area contributed by atoms with Gasteiger partial charge in [0.25, 0.3) is 0 Å². The molecule has 0 radical (unpaired) electrons. The van der Waals surface area contributed by atoms with E-state index in [1.807, 2.05) is 31.2 Å². The van der Waals surface area contributed by atoms with Crippen LogP contribution in [-0.2, 0) is 16.0 Å². The standard InChI is InChI=1S/C12H16N2O3/c1-3-17-12(16)14-13-11(15)8-10-6-4-5-9(2)7-10/h4-7H,3,8H2,1-2H3,(H,13,15)(H,14,16). The number of amides is 2. The molecule has 0 saturated heterocycles. The molecule has 0 aliphatic heterocycles. The Balaban J connectivity index is 2.37. The summed E-state index contributed by atoms with van der Waals surface area (Å²) >= 11 is 0. The third-order valence-electron chi connectivity index (χ3n) is 2.03. The van der Waals surface area contributed by atoms with Gasteiger partial charge in [-0.1, -0.05) is 29.8 Å². The highest BCUT2D eigenvalue weighted by molar-refractivity contribution is 5.80. The molecular formula is C12H16N2O3. The summed E-state index contributed by atoms with van der Waals surface area (Å²) in [6.45, 7) is 3.91. The number of hydrogen-bond donors (Lipinski definition) is 2. The number of hydrogen-bond acceptors (Lipinski definition) is 3. The molecule has 0 spiro atoms. The summed E-state index contributed by atoms with van der Waals surface area (Å²) < 4.78 is 4.60. The van der Waals surface area contributed by atoms with Crippen molar-refractivity contribution in [2.45, 2.75) is 20.3 Å². The highest BCUT2D eigenvalue weighted by atomic mass is 16.5. The Morgan fingerprint density at radius 3 is 2.71 bits per heavy atom. The maximum absolute atomic E-state index is 11.5. The lowest BCUT2D eigenvalue weighted by Gasteiger charge is -2.07. The van der Waals surface area contributed by atoms with Gasteiger partial charge in [-0.2, -0.15) is 0 Å². The highest BCUT2D eigenvalue weighted by Crippen LogP contribution is 2.04. The molecule has 92 valence electrons. The van der Waals surface area contributed by atoms with Gasteiger partial charge in [0, 0.05) is 0 Å². The summed E-state index contributed by atoms with van der Waals surface area (Å²) in [5.74, 6) is -0.288. The first kappa shape index (κ1) is 13.0. The number of aryl methyl sites for hydroxylation is 1. The zero-order valence-corrected chi connectivity index (χ0v) is 9.95. The molecule has 5 nitrogen and oxygen atoms in total. The molecule has 2 N–H and O–H groups in total. The fraction of sp³-hybridized carbons (Fsp3) is 0.333. The number of ether oxygens (including phenoxy) is 1. The summed E-state index contributed by atoms with van der Waals surface area (Å²) in [6.07, 6.45) is -0.446. The van der Waals surface area contributed by atoms with Crippen LogP contribution >= 0.6 is 0 Å². The van der Waals surface area contributed by atoms with E-state index in [0.717, 1.165) is 11.1 Å². The molecule has 1 aromatic carbocycles. The number of benzene rings is 1. The van der Waals surface area contributed by atoms with Crippen molar-refractivity contribution < 1.29 is 14.3 Å². The SMILES string of the molecule is CCOC(=O)NNC(=O)Cc1cccc(C)c1. The summed E-state index contributed by atoms with van der Waals surface area (Å²) in [5, 5.41) is 0. The van der Waals surface area contributed by atoms with Crippen molar-refractivity contribution >= 4 is 12.0 Å². The summed E-state index contributed by atoms with van der Waals surface area (Å²) in [6, 6.07) is 7.62. The number of nitrogens with one attached hydrogen (secondary N) is 2. The van der Waals surface area contributed by atoms with E-state index in [1.54, 1.807) is 6.92 Å². The summed E-state index contributed by atoms with van der Waals surface area (Å²) in [7, 11) is 0. The molecule has 0 heterocycles. The maximum atomic E-state index is 11.5. The lowest BCUT2D eigenvalue weighted by atomic mass is 10.1. The van der Waals surface area contributed by atoms with Crippen LogP contribution in [0.15, 0.2) is 24.3 Å². The molecule has 0 unspecified atom stereocenters. The Bertz CT molecular complexity index is 404. The third-order valence-corrected chi connectivity index (χ3v) is 2.03. The van der Waals surface area contributed by atoms with Crippen LogP contribution < -0.4 is 10.9 Å². The molecule has 2 amide bonds. The van der Waals surface area contributed by atoms with Gasteiger partial charge >= 0.3 is 6.09 Å². The Labute approximate surface area is 100 Å². The van der Waals surface area contributed by atoms with Crippen LogP contribution in [0.3, 0.4) is 0 Å². The summed E-state index contributed by atoms with van der Waals surface area (Å²) in [4.78, 5) is 22.4. The van der Waals surface area contributed by atoms with Crippen molar-refractivity contribution in [2.24, 2.45) is 0 Å². The zero-order valence-electron chi connectivity index (χ0n) is 9.95. The van der Waals surface area contributed by atoms with Gasteiger partial charge in [0.1, 0.15) is 0 Å². The van der Waals surface area contributed by atoms with Crippen molar-refractivity contribution in [3.63, 3.8) is 0 Å². The van der Waals surface area contributed by atoms with E-state index in [1.165, 1.54) is 0 Å². The van der Waals surface area contributed by atoms with E-state index >= 15 is 0 Å². The molecule has 0 bridgehead atoms. The Morgan fingerprint density at radius 1 is 1.29 bits per heavy atom. The number of hydrazine groups is 1. The molecule has 0 atom stereocenters. The van der Waals surface area contributed by atoms with Crippen LogP contribution in [0.4, 0.5) is 4.79 Å². The molecule has 5 heteroatoms. The highest BCUT2D eigenvalue weighted by Gasteiger charge is 2.05. The third kappa shape index (κ3) is 5.01. The molecule has 0 fully saturated rings. The maximum Gasteiger partial charge on any atom is 0.426 e. The van der Waals surface area contributed by atoms with Crippen LogP contribution in [-0.4, -0.2) is 18.6 Å². The predicted octanol–water partition coefficient (Wildman–Crippen LogP) is 1.31. The molecule has 0 aromatic heterocycles. The molecule has 1 rings (SSSR count). The average molecular weight is 236 g/mol. The first-order chi connectivity index (χ1) is 8.11. The second-order valence-electron chi connectivity index (χ2n) is 3.56. The molecule has 17 heavy (non-hydrogen) atoms. The van der Waals surface area contributed by atoms with Gasteiger partial charge in [-0.25, -0.2) is 10.2 Å². The van der Waals surface area contributed by atoms with Crippen molar-refractivity contribution in [1.29, 1.82) is 0 Å². The quantitative estimate of drug-likeness (QED) is 0.778. The number of carbonyl (C=O) groups is 2. The van der Waals surface area contributed by atoms with Crippen LogP contribution in [0.2, 0.25) is 0 Å². The predicted molar refractivity (Wildman–Crippen MR) is 63.2 cm³/mol. The lowest BCUT2D eigenvalue weighted by Crippen LogP contribution is -2.42. The topological polar surface area (TPSA) is 67.4 Å². The zero-order chi connectivity index (χ0) is 12.7. The lowest BCUT2D eigenvalue weighted by molar-refractivity contribution is -0.121. The van der Waals surface area contributed by atoms with Gasteiger partial charge in [0.2, 0.25) is 5.91 Å². The minimum absolute atomic E-state index is 0.216. The molecule has 1 aromatic rings. The van der Waals surface area contributed by atoms with Crippen LogP contribution in [0.5, 0.6) is 0 Å². The molecule has 0 saturated carbocycles. The average Bonchev–Trinajstić information content (AvgIpc) is 2.27. The largest absolute Gasteiger partial charge is 0.449 e.